The summed E-state index contributed by atoms with van der Waals surface area (Å²) in [4.78, 5) is 37.2. The van der Waals surface area contributed by atoms with Gasteiger partial charge in [-0.2, -0.15) is 0 Å². The summed E-state index contributed by atoms with van der Waals surface area (Å²) in [6.07, 6.45) is 1.60. The molecule has 1 fully saturated rings. The van der Waals surface area contributed by atoms with E-state index in [-0.39, 0.29) is 36.1 Å². The van der Waals surface area contributed by atoms with Crippen molar-refractivity contribution in [2.45, 2.75) is 32.7 Å². The molecule has 1 aromatic rings. The Labute approximate surface area is 136 Å². The maximum absolute atomic E-state index is 12.3. The molecule has 2 amide bonds. The molecule has 2 atom stereocenters. The van der Waals surface area contributed by atoms with Gasteiger partial charge in [0.25, 0.3) is 0 Å². The van der Waals surface area contributed by atoms with Crippen LogP contribution in [-0.4, -0.2) is 41.6 Å². The first kappa shape index (κ1) is 17.1. The normalized spacial score (nSPS) is 21.7. The largest absolute Gasteiger partial charge is 0.369 e. The van der Waals surface area contributed by atoms with Crippen molar-refractivity contribution in [1.29, 1.82) is 0 Å². The lowest BCUT2D eigenvalue weighted by Gasteiger charge is -2.36. The van der Waals surface area contributed by atoms with Gasteiger partial charge in [-0.25, -0.2) is 0 Å². The van der Waals surface area contributed by atoms with Gasteiger partial charge in [-0.1, -0.05) is 12.1 Å². The molecule has 6 heteroatoms. The lowest BCUT2D eigenvalue weighted by atomic mass is 9.93. The van der Waals surface area contributed by atoms with Crippen LogP contribution in [0.3, 0.4) is 0 Å². The maximum atomic E-state index is 12.3. The number of carbonyl (C=O) groups is 3. The monoisotopic (exact) mass is 317 g/mol. The number of nitrogens with zero attached hydrogens (tertiary/aromatic N) is 1. The summed E-state index contributed by atoms with van der Waals surface area (Å²) in [5.74, 6) is -0.815. The van der Waals surface area contributed by atoms with E-state index in [9.17, 15) is 14.4 Å². The van der Waals surface area contributed by atoms with Crippen molar-refractivity contribution >= 4 is 23.3 Å². The second-order valence-electron chi connectivity index (χ2n) is 6.11. The van der Waals surface area contributed by atoms with E-state index in [1.807, 2.05) is 11.8 Å². The number of nitrogens with two attached hydrogens (primary N) is 1. The lowest BCUT2D eigenvalue weighted by Crippen LogP contribution is -2.48. The van der Waals surface area contributed by atoms with E-state index in [0.29, 0.717) is 17.8 Å². The number of benzene rings is 1. The van der Waals surface area contributed by atoms with Gasteiger partial charge in [-0.15, -0.1) is 0 Å². The van der Waals surface area contributed by atoms with Crippen molar-refractivity contribution in [3.8, 4) is 0 Å². The minimum Gasteiger partial charge on any atom is -0.369 e. The van der Waals surface area contributed by atoms with Gasteiger partial charge in [0.05, 0.1) is 18.2 Å². The summed E-state index contributed by atoms with van der Waals surface area (Å²) < 4.78 is 0. The Bertz CT molecular complexity index is 615. The molecule has 6 nitrogen and oxygen atoms in total. The van der Waals surface area contributed by atoms with Crippen LogP contribution < -0.4 is 11.1 Å². The number of piperidine rings is 1. The Morgan fingerprint density at radius 2 is 1.96 bits per heavy atom. The van der Waals surface area contributed by atoms with Gasteiger partial charge < -0.3 is 11.1 Å². The number of Topliss-reactive ketones (excluding diaryl/α,β-unsaturated/α-hetero) is 1. The SMILES string of the molecule is CC(=O)c1ccccc1NC(=O)CN1CC(C(N)=O)CCC1C. The van der Waals surface area contributed by atoms with Gasteiger partial charge in [0.1, 0.15) is 0 Å². The van der Waals surface area contributed by atoms with Crippen LogP contribution in [0.25, 0.3) is 0 Å². The van der Waals surface area contributed by atoms with Crippen molar-refractivity contribution < 1.29 is 14.4 Å². The zero-order chi connectivity index (χ0) is 17.0. The van der Waals surface area contributed by atoms with Crippen LogP contribution >= 0.6 is 0 Å². The summed E-state index contributed by atoms with van der Waals surface area (Å²) >= 11 is 0. The molecule has 3 N–H and O–H groups in total. The second kappa shape index (κ2) is 7.37. The number of ketones is 1. The highest BCUT2D eigenvalue weighted by Crippen LogP contribution is 2.22. The molecule has 1 saturated heterocycles. The number of likely N-dealkylation sites (tertiary alicyclic amines) is 1. The predicted octanol–water partition coefficient (Wildman–Crippen LogP) is 1.41. The molecular formula is C17H23N3O3. The van der Waals surface area contributed by atoms with Crippen LogP contribution in [0.4, 0.5) is 5.69 Å². The molecule has 1 aromatic carbocycles. The summed E-state index contributed by atoms with van der Waals surface area (Å²) in [6.45, 7) is 4.18. The molecule has 2 rings (SSSR count). The molecule has 0 bridgehead atoms. The summed E-state index contributed by atoms with van der Waals surface area (Å²) in [7, 11) is 0. The number of carbonyl (C=O) groups excluding carboxylic acids is 3. The van der Waals surface area contributed by atoms with Gasteiger partial charge >= 0.3 is 0 Å². The Balaban J connectivity index is 2.01. The number of primary amides is 1. The number of hydrogen-bond donors (Lipinski definition) is 2. The molecule has 0 radical (unpaired) electrons. The fraction of sp³-hybridized carbons (Fsp3) is 0.471. The number of hydrogen-bond acceptors (Lipinski definition) is 4. The third-order valence-corrected chi connectivity index (χ3v) is 4.34. The zero-order valence-electron chi connectivity index (χ0n) is 13.5. The topological polar surface area (TPSA) is 92.5 Å². The Kier molecular flexibility index (Phi) is 5.50. The van der Waals surface area contributed by atoms with Gasteiger partial charge in [0.15, 0.2) is 5.78 Å². The van der Waals surface area contributed by atoms with E-state index in [1.54, 1.807) is 24.3 Å². The van der Waals surface area contributed by atoms with Crippen LogP contribution in [0.2, 0.25) is 0 Å². The minimum atomic E-state index is -0.316. The number of amides is 2. The van der Waals surface area contributed by atoms with Gasteiger partial charge in [0.2, 0.25) is 11.8 Å². The molecule has 1 heterocycles. The number of para-hydroxylation sites is 1. The predicted molar refractivity (Wildman–Crippen MR) is 88.0 cm³/mol. The van der Waals surface area contributed by atoms with E-state index >= 15 is 0 Å². The molecule has 0 spiro atoms. The third-order valence-electron chi connectivity index (χ3n) is 4.34. The Morgan fingerprint density at radius 3 is 2.61 bits per heavy atom. The highest BCUT2D eigenvalue weighted by atomic mass is 16.2. The van der Waals surface area contributed by atoms with Crippen molar-refractivity contribution in [1.82, 2.24) is 4.90 Å². The quantitative estimate of drug-likeness (QED) is 0.803. The van der Waals surface area contributed by atoms with Gasteiger partial charge in [-0.3, -0.25) is 19.3 Å². The minimum absolute atomic E-state index is 0.0963. The van der Waals surface area contributed by atoms with Gasteiger partial charge in [0, 0.05) is 18.2 Å². The molecule has 124 valence electrons. The lowest BCUT2D eigenvalue weighted by molar-refractivity contribution is -0.126. The standard InChI is InChI=1S/C17H23N3O3/c1-11-7-8-13(17(18)23)9-20(11)10-16(22)19-15-6-4-3-5-14(15)12(2)21/h3-6,11,13H,7-10H2,1-2H3,(H2,18,23)(H,19,22). The molecule has 0 aromatic heterocycles. The number of rotatable bonds is 5. The molecule has 1 aliphatic heterocycles. The van der Waals surface area contributed by atoms with Gasteiger partial charge in [-0.05, 0) is 38.8 Å². The number of nitrogens with one attached hydrogen (secondary N) is 1. The van der Waals surface area contributed by atoms with Crippen molar-refractivity contribution in [3.05, 3.63) is 29.8 Å². The van der Waals surface area contributed by atoms with Crippen molar-refractivity contribution in [2.75, 3.05) is 18.4 Å². The first-order valence-corrected chi connectivity index (χ1v) is 7.81. The zero-order valence-corrected chi connectivity index (χ0v) is 13.5. The molecule has 2 unspecified atom stereocenters. The van der Waals surface area contributed by atoms with E-state index in [4.69, 9.17) is 5.73 Å². The van der Waals surface area contributed by atoms with Crippen LogP contribution in [0.1, 0.15) is 37.0 Å². The van der Waals surface area contributed by atoms with Crippen molar-refractivity contribution in [3.63, 3.8) is 0 Å². The second-order valence-corrected chi connectivity index (χ2v) is 6.11. The summed E-state index contributed by atoms with van der Waals surface area (Å²) in [5, 5.41) is 2.79. The molecular weight excluding hydrogens is 294 g/mol. The molecule has 0 saturated carbocycles. The van der Waals surface area contributed by atoms with Crippen LogP contribution in [0.5, 0.6) is 0 Å². The summed E-state index contributed by atoms with van der Waals surface area (Å²) in [5.41, 5.74) is 6.38. The Hall–Kier alpha value is -2.21. The van der Waals surface area contributed by atoms with Crippen LogP contribution in [-0.2, 0) is 9.59 Å². The highest BCUT2D eigenvalue weighted by Gasteiger charge is 2.29. The molecule has 0 aliphatic carbocycles. The molecule has 23 heavy (non-hydrogen) atoms. The van der Waals surface area contributed by atoms with Crippen LogP contribution in [0, 0.1) is 5.92 Å². The van der Waals surface area contributed by atoms with E-state index in [1.165, 1.54) is 6.92 Å². The van der Waals surface area contributed by atoms with E-state index < -0.39 is 0 Å². The highest BCUT2D eigenvalue weighted by molar-refractivity contribution is 6.04. The van der Waals surface area contributed by atoms with E-state index in [2.05, 4.69) is 5.32 Å². The summed E-state index contributed by atoms with van der Waals surface area (Å²) in [6, 6.07) is 7.15. The maximum Gasteiger partial charge on any atom is 0.238 e. The third kappa shape index (κ3) is 4.39. The molecule has 1 aliphatic rings. The first-order valence-electron chi connectivity index (χ1n) is 7.81. The average Bonchev–Trinajstić information content (AvgIpc) is 2.49. The van der Waals surface area contributed by atoms with Crippen LogP contribution in [0.15, 0.2) is 24.3 Å². The smallest absolute Gasteiger partial charge is 0.238 e. The Morgan fingerprint density at radius 1 is 1.26 bits per heavy atom. The first-order chi connectivity index (χ1) is 10.9. The average molecular weight is 317 g/mol. The van der Waals surface area contributed by atoms with Crippen molar-refractivity contribution in [2.24, 2.45) is 11.7 Å². The number of anilines is 1. The van der Waals surface area contributed by atoms with E-state index in [0.717, 1.165) is 12.8 Å². The fourth-order valence-corrected chi connectivity index (χ4v) is 2.91. The fourth-order valence-electron chi connectivity index (χ4n) is 2.91.